The van der Waals surface area contributed by atoms with Gasteiger partial charge < -0.3 is 0 Å². The molecule has 0 unspecified atom stereocenters. The van der Waals surface area contributed by atoms with Gasteiger partial charge in [-0.3, -0.25) is 5.41 Å². The highest BCUT2D eigenvalue weighted by molar-refractivity contribution is 8.12. The summed E-state index contributed by atoms with van der Waals surface area (Å²) in [6, 6.07) is 0. The van der Waals surface area contributed by atoms with Crippen LogP contribution in [0.1, 0.15) is 0 Å². The van der Waals surface area contributed by atoms with Crippen molar-refractivity contribution in [2.75, 3.05) is 6.26 Å². The molecular formula is C2H6N3O2S+. The zero-order valence-electron chi connectivity index (χ0n) is 4.25. The SMILES string of the molecule is CSC(=[NH2+])N[N+](=O)[O-]. The van der Waals surface area contributed by atoms with Crippen LogP contribution in [0, 0.1) is 10.1 Å². The molecule has 0 radical (unpaired) electrons. The fourth-order valence-corrected chi connectivity index (χ4v) is 0.301. The maximum absolute atomic E-state index is 9.55. The van der Waals surface area contributed by atoms with Gasteiger partial charge in [0, 0.05) is 5.43 Å². The molecule has 0 aromatic rings. The van der Waals surface area contributed by atoms with E-state index in [1.165, 1.54) is 0 Å². The number of nitro groups is 1. The third kappa shape index (κ3) is 3.41. The van der Waals surface area contributed by atoms with Gasteiger partial charge in [0.2, 0.25) is 5.03 Å². The number of hydrazine groups is 1. The molecule has 0 heterocycles. The van der Waals surface area contributed by atoms with E-state index in [9.17, 15) is 10.1 Å². The van der Waals surface area contributed by atoms with Crippen molar-refractivity contribution in [2.45, 2.75) is 0 Å². The summed E-state index contributed by atoms with van der Waals surface area (Å²) in [5.41, 5.74) is 1.77. The highest BCUT2D eigenvalue weighted by Crippen LogP contribution is 1.84. The summed E-state index contributed by atoms with van der Waals surface area (Å²) >= 11 is 1.09. The lowest BCUT2D eigenvalue weighted by Crippen LogP contribution is -2.48. The molecule has 3 N–H and O–H groups in total. The Labute approximate surface area is 50.1 Å². The summed E-state index contributed by atoms with van der Waals surface area (Å²) in [4.78, 5) is 9.55. The van der Waals surface area contributed by atoms with Crippen molar-refractivity contribution in [3.63, 3.8) is 0 Å². The summed E-state index contributed by atoms with van der Waals surface area (Å²) < 4.78 is 0. The van der Waals surface area contributed by atoms with Crippen LogP contribution in [-0.4, -0.2) is 16.5 Å². The Morgan fingerprint density at radius 1 is 2.00 bits per heavy atom. The fourth-order valence-electron chi connectivity index (χ4n) is 0.136. The summed E-state index contributed by atoms with van der Waals surface area (Å²) in [7, 11) is 0. The summed E-state index contributed by atoms with van der Waals surface area (Å²) in [5.74, 6) is 0. The normalized spacial score (nSPS) is 8.12. The van der Waals surface area contributed by atoms with E-state index in [1.54, 1.807) is 11.7 Å². The number of hydrogen-bond acceptors (Lipinski definition) is 3. The molecular weight excluding hydrogens is 130 g/mol. The van der Waals surface area contributed by atoms with Crippen molar-refractivity contribution in [3.8, 4) is 0 Å². The molecule has 0 amide bonds. The molecule has 5 nitrogen and oxygen atoms in total. The third-order valence-corrected chi connectivity index (χ3v) is 0.953. The van der Waals surface area contributed by atoms with Crippen LogP contribution in [0.4, 0.5) is 0 Å². The molecule has 0 atom stereocenters. The second kappa shape index (κ2) is 3.25. The number of nitrogens with two attached hydrogens (primary N) is 1. The predicted molar refractivity (Wildman–Crippen MR) is 30.6 cm³/mol. The van der Waals surface area contributed by atoms with Gasteiger partial charge in [-0.2, -0.15) is 0 Å². The first-order valence-corrected chi connectivity index (χ1v) is 2.96. The van der Waals surface area contributed by atoms with E-state index in [1.807, 2.05) is 0 Å². The van der Waals surface area contributed by atoms with Gasteiger partial charge >= 0.3 is 5.17 Å². The lowest BCUT2D eigenvalue weighted by atomic mass is 11.3. The van der Waals surface area contributed by atoms with Gasteiger partial charge in [0.15, 0.2) is 0 Å². The summed E-state index contributed by atoms with van der Waals surface area (Å²) in [5, 5.41) is 13.9. The molecule has 0 aliphatic rings. The van der Waals surface area contributed by atoms with E-state index in [0.29, 0.717) is 0 Å². The predicted octanol–water partition coefficient (Wildman–Crippen LogP) is -1.75. The Hall–Kier alpha value is -0.780. The number of nitrogens with one attached hydrogen (secondary N) is 1. The second-order valence-electron chi connectivity index (χ2n) is 0.937. The van der Waals surface area contributed by atoms with E-state index in [0.717, 1.165) is 11.8 Å². The topological polar surface area (TPSA) is 80.8 Å². The molecule has 0 saturated heterocycles. The van der Waals surface area contributed by atoms with Gasteiger partial charge in [-0.15, -0.1) is 0 Å². The molecule has 0 aliphatic carbocycles. The molecule has 8 heavy (non-hydrogen) atoms. The van der Waals surface area contributed by atoms with Gasteiger partial charge in [0.05, 0.1) is 0 Å². The maximum atomic E-state index is 9.55. The first-order valence-electron chi connectivity index (χ1n) is 1.74. The molecule has 0 aromatic heterocycles. The highest BCUT2D eigenvalue weighted by Gasteiger charge is 2.06. The van der Waals surface area contributed by atoms with Crippen LogP contribution >= 0.6 is 11.8 Å². The molecule has 0 aromatic carbocycles. The van der Waals surface area contributed by atoms with Crippen LogP contribution < -0.4 is 10.8 Å². The minimum absolute atomic E-state index is 0.0926. The molecule has 46 valence electrons. The molecule has 0 bridgehead atoms. The summed E-state index contributed by atoms with van der Waals surface area (Å²) in [6.07, 6.45) is 1.64. The number of rotatable bonds is 1. The van der Waals surface area contributed by atoms with Gasteiger partial charge in [-0.1, -0.05) is 0 Å². The number of amidine groups is 1. The Morgan fingerprint density at radius 2 is 2.50 bits per heavy atom. The first kappa shape index (κ1) is 7.22. The molecule has 0 rings (SSSR count). The molecule has 0 aliphatic heterocycles. The van der Waals surface area contributed by atoms with Crippen molar-refractivity contribution >= 4 is 16.9 Å². The van der Waals surface area contributed by atoms with E-state index in [-0.39, 0.29) is 5.17 Å². The van der Waals surface area contributed by atoms with Crippen LogP contribution in [0.2, 0.25) is 0 Å². The quantitative estimate of drug-likeness (QED) is 0.194. The van der Waals surface area contributed by atoms with Crippen LogP contribution in [-0.2, 0) is 0 Å². The van der Waals surface area contributed by atoms with Crippen molar-refractivity contribution in [3.05, 3.63) is 10.1 Å². The van der Waals surface area contributed by atoms with Crippen LogP contribution in [0.5, 0.6) is 0 Å². The lowest BCUT2D eigenvalue weighted by molar-refractivity contribution is -0.528. The lowest BCUT2D eigenvalue weighted by Gasteiger charge is -1.82. The van der Waals surface area contributed by atoms with Gasteiger partial charge in [-0.05, 0) is 18.0 Å². The van der Waals surface area contributed by atoms with Gasteiger partial charge in [0.25, 0.3) is 0 Å². The van der Waals surface area contributed by atoms with E-state index in [2.05, 4.69) is 0 Å². The summed E-state index contributed by atoms with van der Waals surface area (Å²) in [6.45, 7) is 0. The van der Waals surface area contributed by atoms with E-state index >= 15 is 0 Å². The molecule has 0 spiro atoms. The van der Waals surface area contributed by atoms with Crippen LogP contribution in [0.3, 0.4) is 0 Å². The zero-order chi connectivity index (χ0) is 6.57. The van der Waals surface area contributed by atoms with Crippen molar-refractivity contribution in [2.24, 2.45) is 0 Å². The number of hydrogen-bond donors (Lipinski definition) is 2. The minimum Gasteiger partial charge on any atom is -0.277 e. The number of thioether (sulfide) groups is 1. The first-order chi connectivity index (χ1) is 3.66. The maximum Gasteiger partial charge on any atom is 0.366 e. The molecule has 6 heteroatoms. The van der Waals surface area contributed by atoms with Crippen molar-refractivity contribution < 1.29 is 10.4 Å². The van der Waals surface area contributed by atoms with Gasteiger partial charge in [0.1, 0.15) is 0 Å². The Bertz CT molecular complexity index is 114. The van der Waals surface area contributed by atoms with Gasteiger partial charge in [-0.25, -0.2) is 10.1 Å². The van der Waals surface area contributed by atoms with E-state index in [4.69, 9.17) is 5.41 Å². The minimum atomic E-state index is -0.703. The van der Waals surface area contributed by atoms with Crippen LogP contribution in [0.15, 0.2) is 0 Å². The van der Waals surface area contributed by atoms with Crippen molar-refractivity contribution in [1.82, 2.24) is 5.43 Å². The molecule has 0 fully saturated rings. The average Bonchev–Trinajstić information content (AvgIpc) is 1.65. The smallest absolute Gasteiger partial charge is 0.277 e. The Morgan fingerprint density at radius 3 is 2.62 bits per heavy atom. The Balaban J connectivity index is 3.40. The van der Waals surface area contributed by atoms with Crippen LogP contribution in [0.25, 0.3) is 0 Å². The average molecular weight is 136 g/mol. The standard InChI is InChI=1S/C2H5N3O2S/c1-8-2(3)4-5(6)7/h1H3,(H2,3,4)/p+1. The highest BCUT2D eigenvalue weighted by atomic mass is 32.2. The van der Waals surface area contributed by atoms with E-state index < -0.39 is 5.03 Å². The third-order valence-electron chi connectivity index (χ3n) is 0.421. The monoisotopic (exact) mass is 136 g/mol. The second-order valence-corrected chi connectivity index (χ2v) is 1.79. The number of nitrogens with zero attached hydrogens (tertiary/aromatic N) is 1. The fraction of sp³-hybridized carbons (Fsp3) is 0.500. The van der Waals surface area contributed by atoms with Crippen molar-refractivity contribution in [1.29, 1.82) is 0 Å². The molecule has 0 saturated carbocycles. The Kier molecular flexibility index (Phi) is 2.93. The largest absolute Gasteiger partial charge is 0.366 e. The zero-order valence-corrected chi connectivity index (χ0v) is 5.07.